The van der Waals surface area contributed by atoms with E-state index in [2.05, 4.69) is 33.4 Å². The molecule has 114 valence electrons. The molecule has 1 N–H and O–H groups in total. The van der Waals surface area contributed by atoms with E-state index >= 15 is 0 Å². The van der Waals surface area contributed by atoms with Gasteiger partial charge in [-0.1, -0.05) is 0 Å². The minimum Gasteiger partial charge on any atom is -0.486 e. The van der Waals surface area contributed by atoms with Crippen LogP contribution in [-0.2, 0) is 4.74 Å². The van der Waals surface area contributed by atoms with Crippen LogP contribution in [0.15, 0.2) is 16.6 Å². The van der Waals surface area contributed by atoms with Crippen LogP contribution in [0.25, 0.3) is 0 Å². The van der Waals surface area contributed by atoms with E-state index < -0.39 is 0 Å². The number of benzene rings is 1. The lowest BCUT2D eigenvalue weighted by atomic mass is 9.95. The van der Waals surface area contributed by atoms with Gasteiger partial charge in [0.05, 0.1) is 10.6 Å². The molecule has 0 radical (unpaired) electrons. The molecule has 0 amide bonds. The van der Waals surface area contributed by atoms with Crippen molar-refractivity contribution in [3.05, 3.63) is 22.2 Å². The molecule has 2 atom stereocenters. The monoisotopic (exact) mass is 353 g/mol. The van der Waals surface area contributed by atoms with Crippen molar-refractivity contribution in [3.63, 3.8) is 0 Å². The van der Waals surface area contributed by atoms with Gasteiger partial charge in [0.2, 0.25) is 0 Å². The second kappa shape index (κ2) is 5.78. The third kappa shape index (κ3) is 2.91. The minimum absolute atomic E-state index is 0.156. The van der Waals surface area contributed by atoms with Gasteiger partial charge >= 0.3 is 0 Å². The van der Waals surface area contributed by atoms with Crippen molar-refractivity contribution in [1.29, 1.82) is 0 Å². The minimum atomic E-state index is 0.156. The average molecular weight is 354 g/mol. The predicted octanol–water partition coefficient (Wildman–Crippen LogP) is 3.05. The Morgan fingerprint density at radius 2 is 1.95 bits per heavy atom. The largest absolute Gasteiger partial charge is 0.486 e. The summed E-state index contributed by atoms with van der Waals surface area (Å²) in [6, 6.07) is 4.95. The standard InChI is InChI=1S/C16H20BrNO3/c17-13-7-11(8-14-16(13)21-6-5-19-14)15-10(3-4-20-15)9-18-12-1-2-12/h7-8,10,12,15,18H,1-6,9H2. The average Bonchev–Trinajstić information content (AvgIpc) is 3.21. The van der Waals surface area contributed by atoms with Gasteiger partial charge in [0.1, 0.15) is 13.2 Å². The number of fused-ring (bicyclic) bond motifs is 1. The zero-order valence-electron chi connectivity index (χ0n) is 11.9. The fraction of sp³-hybridized carbons (Fsp3) is 0.625. The van der Waals surface area contributed by atoms with E-state index in [-0.39, 0.29) is 6.10 Å². The molecule has 4 nitrogen and oxygen atoms in total. The molecule has 0 bridgehead atoms. The lowest BCUT2D eigenvalue weighted by molar-refractivity contribution is 0.0895. The van der Waals surface area contributed by atoms with Crippen molar-refractivity contribution in [3.8, 4) is 11.5 Å². The summed E-state index contributed by atoms with van der Waals surface area (Å²) in [5.41, 5.74) is 1.19. The lowest BCUT2D eigenvalue weighted by Crippen LogP contribution is -2.26. The quantitative estimate of drug-likeness (QED) is 0.902. The van der Waals surface area contributed by atoms with E-state index in [0.29, 0.717) is 19.1 Å². The summed E-state index contributed by atoms with van der Waals surface area (Å²) in [5, 5.41) is 3.63. The van der Waals surface area contributed by atoms with Gasteiger partial charge in [0, 0.05) is 25.1 Å². The third-order valence-corrected chi connectivity index (χ3v) is 5.00. The first-order chi connectivity index (χ1) is 10.3. The Hall–Kier alpha value is -0.780. The summed E-state index contributed by atoms with van der Waals surface area (Å²) in [6.45, 7) is 3.11. The molecule has 21 heavy (non-hydrogen) atoms. The molecule has 1 aliphatic carbocycles. The number of rotatable bonds is 4. The van der Waals surface area contributed by atoms with Gasteiger partial charge in [-0.05, 0) is 52.9 Å². The first-order valence-corrected chi connectivity index (χ1v) is 8.54. The molecule has 3 aliphatic rings. The molecular formula is C16H20BrNO3. The van der Waals surface area contributed by atoms with E-state index in [1.165, 1.54) is 18.4 Å². The summed E-state index contributed by atoms with van der Waals surface area (Å²) in [7, 11) is 0. The second-order valence-corrected chi connectivity index (χ2v) is 6.90. The van der Waals surface area contributed by atoms with Crippen LogP contribution in [0.5, 0.6) is 11.5 Å². The van der Waals surface area contributed by atoms with Gasteiger partial charge in [0.25, 0.3) is 0 Å². The zero-order chi connectivity index (χ0) is 14.2. The Balaban J connectivity index is 1.55. The molecule has 2 heterocycles. The molecule has 5 heteroatoms. The first-order valence-electron chi connectivity index (χ1n) is 7.75. The molecular weight excluding hydrogens is 334 g/mol. The number of nitrogens with one attached hydrogen (secondary N) is 1. The summed E-state index contributed by atoms with van der Waals surface area (Å²) in [5.74, 6) is 2.19. The molecule has 1 aromatic rings. The molecule has 2 fully saturated rings. The van der Waals surface area contributed by atoms with Crippen LogP contribution in [0.4, 0.5) is 0 Å². The van der Waals surface area contributed by atoms with Crippen molar-refractivity contribution in [1.82, 2.24) is 5.32 Å². The maximum absolute atomic E-state index is 5.99. The Kier molecular flexibility index (Phi) is 3.81. The van der Waals surface area contributed by atoms with E-state index in [9.17, 15) is 0 Å². The van der Waals surface area contributed by atoms with Gasteiger partial charge in [-0.15, -0.1) is 0 Å². The molecule has 1 saturated heterocycles. The summed E-state index contributed by atoms with van der Waals surface area (Å²) >= 11 is 3.60. The smallest absolute Gasteiger partial charge is 0.175 e. The third-order valence-electron chi connectivity index (χ3n) is 4.41. The summed E-state index contributed by atoms with van der Waals surface area (Å²) in [6.07, 6.45) is 3.93. The summed E-state index contributed by atoms with van der Waals surface area (Å²) < 4.78 is 18.3. The van der Waals surface area contributed by atoms with Crippen LogP contribution < -0.4 is 14.8 Å². The molecule has 4 rings (SSSR count). The number of ether oxygens (including phenoxy) is 3. The highest BCUT2D eigenvalue weighted by atomic mass is 79.9. The second-order valence-electron chi connectivity index (χ2n) is 6.05. The van der Waals surface area contributed by atoms with Gasteiger partial charge in [-0.2, -0.15) is 0 Å². The molecule has 0 aromatic heterocycles. The first kappa shape index (κ1) is 13.9. The van der Waals surface area contributed by atoms with Crippen LogP contribution in [0.3, 0.4) is 0 Å². The highest BCUT2D eigenvalue weighted by molar-refractivity contribution is 9.10. The van der Waals surface area contributed by atoms with Crippen LogP contribution >= 0.6 is 15.9 Å². The molecule has 0 spiro atoms. The molecule has 1 saturated carbocycles. The molecule has 2 unspecified atom stereocenters. The molecule has 1 aromatic carbocycles. The number of hydrogen-bond acceptors (Lipinski definition) is 4. The van der Waals surface area contributed by atoms with E-state index in [1.807, 2.05) is 0 Å². The SMILES string of the molecule is Brc1cc(C2OCCC2CNC2CC2)cc2c1OCCO2. The summed E-state index contributed by atoms with van der Waals surface area (Å²) in [4.78, 5) is 0. The Morgan fingerprint density at radius 3 is 2.81 bits per heavy atom. The Morgan fingerprint density at radius 1 is 1.10 bits per heavy atom. The number of halogens is 1. The zero-order valence-corrected chi connectivity index (χ0v) is 13.5. The molecule has 2 aliphatic heterocycles. The normalized spacial score (nSPS) is 27.9. The van der Waals surface area contributed by atoms with Gasteiger partial charge in [0.15, 0.2) is 11.5 Å². The van der Waals surface area contributed by atoms with Gasteiger partial charge in [-0.25, -0.2) is 0 Å². The van der Waals surface area contributed by atoms with Crippen molar-refractivity contribution in [2.75, 3.05) is 26.4 Å². The lowest BCUT2D eigenvalue weighted by Gasteiger charge is -2.24. The van der Waals surface area contributed by atoms with Crippen LogP contribution in [0, 0.1) is 5.92 Å². The maximum Gasteiger partial charge on any atom is 0.175 e. The topological polar surface area (TPSA) is 39.7 Å². The van der Waals surface area contributed by atoms with Crippen molar-refractivity contribution >= 4 is 15.9 Å². The highest BCUT2D eigenvalue weighted by Crippen LogP contribution is 2.43. The van der Waals surface area contributed by atoms with E-state index in [4.69, 9.17) is 14.2 Å². The maximum atomic E-state index is 5.99. The Labute approximate surface area is 133 Å². The van der Waals surface area contributed by atoms with Crippen molar-refractivity contribution in [2.45, 2.75) is 31.4 Å². The van der Waals surface area contributed by atoms with Gasteiger partial charge in [-0.3, -0.25) is 0 Å². The number of hydrogen-bond donors (Lipinski definition) is 1. The van der Waals surface area contributed by atoms with E-state index in [1.54, 1.807) is 0 Å². The predicted molar refractivity (Wildman–Crippen MR) is 83.0 cm³/mol. The van der Waals surface area contributed by atoms with Crippen LogP contribution in [-0.4, -0.2) is 32.4 Å². The Bertz CT molecular complexity index is 532. The highest BCUT2D eigenvalue weighted by Gasteiger charge is 2.32. The fourth-order valence-electron chi connectivity index (χ4n) is 3.11. The van der Waals surface area contributed by atoms with Crippen LogP contribution in [0.2, 0.25) is 0 Å². The van der Waals surface area contributed by atoms with Gasteiger partial charge < -0.3 is 19.5 Å². The van der Waals surface area contributed by atoms with Crippen molar-refractivity contribution < 1.29 is 14.2 Å². The van der Waals surface area contributed by atoms with Crippen LogP contribution in [0.1, 0.15) is 30.9 Å². The van der Waals surface area contributed by atoms with Crippen molar-refractivity contribution in [2.24, 2.45) is 5.92 Å². The van der Waals surface area contributed by atoms with E-state index in [0.717, 1.165) is 41.6 Å². The fourth-order valence-corrected chi connectivity index (χ4v) is 3.69.